The highest BCUT2D eigenvalue weighted by Gasteiger charge is 2.13. The van der Waals surface area contributed by atoms with Gasteiger partial charge in [0.1, 0.15) is 5.82 Å². The Morgan fingerprint density at radius 1 is 1.06 bits per heavy atom. The number of rotatable bonds is 6. The van der Waals surface area contributed by atoms with Crippen molar-refractivity contribution in [1.82, 2.24) is 14.8 Å². The summed E-state index contributed by atoms with van der Waals surface area (Å²) < 4.78 is 14.9. The Hall–Kier alpha value is -3.96. The van der Waals surface area contributed by atoms with Crippen molar-refractivity contribution in [1.29, 1.82) is 5.26 Å². The molecule has 0 fully saturated rings. The third kappa shape index (κ3) is 4.68. The van der Waals surface area contributed by atoms with Crippen LogP contribution in [0.3, 0.4) is 0 Å². The van der Waals surface area contributed by atoms with E-state index in [1.165, 1.54) is 36.0 Å². The van der Waals surface area contributed by atoms with Gasteiger partial charge in [-0.05, 0) is 60.2 Å². The van der Waals surface area contributed by atoms with Crippen LogP contribution in [0.25, 0.3) is 11.4 Å². The van der Waals surface area contributed by atoms with Crippen molar-refractivity contribution in [2.45, 2.75) is 10.9 Å². The second-order valence-corrected chi connectivity index (χ2v) is 7.90. The summed E-state index contributed by atoms with van der Waals surface area (Å²) in [5.41, 5.74) is 3.45. The van der Waals surface area contributed by atoms with Crippen molar-refractivity contribution in [2.24, 2.45) is 7.05 Å². The summed E-state index contributed by atoms with van der Waals surface area (Å²) in [6.45, 7) is 0. The van der Waals surface area contributed by atoms with Crippen LogP contribution >= 0.6 is 11.8 Å². The van der Waals surface area contributed by atoms with E-state index < -0.39 is 0 Å². The molecular formula is C24H18FN5OS. The molecule has 32 heavy (non-hydrogen) atoms. The largest absolute Gasteiger partial charge is 0.322 e. The number of aromatic nitrogens is 3. The first-order valence-electron chi connectivity index (χ1n) is 9.72. The Morgan fingerprint density at radius 2 is 1.78 bits per heavy atom. The number of hydrogen-bond acceptors (Lipinski definition) is 5. The number of nitriles is 1. The lowest BCUT2D eigenvalue weighted by Crippen LogP contribution is -2.11. The minimum atomic E-state index is -0.388. The van der Waals surface area contributed by atoms with Crippen LogP contribution in [0, 0.1) is 17.1 Å². The first-order chi connectivity index (χ1) is 15.5. The normalized spacial score (nSPS) is 10.5. The first kappa shape index (κ1) is 21.3. The average Bonchev–Trinajstić information content (AvgIpc) is 3.19. The number of halogens is 1. The topological polar surface area (TPSA) is 83.6 Å². The maximum Gasteiger partial charge on any atom is 0.255 e. The smallest absolute Gasteiger partial charge is 0.255 e. The molecule has 3 aromatic carbocycles. The third-order valence-corrected chi connectivity index (χ3v) is 5.91. The highest BCUT2D eigenvalue weighted by atomic mass is 32.2. The van der Waals surface area contributed by atoms with Gasteiger partial charge in [0, 0.05) is 29.6 Å². The number of nitrogens with one attached hydrogen (secondary N) is 1. The number of carbonyl (C=O) groups excluding carboxylic acids is 1. The van der Waals surface area contributed by atoms with Crippen LogP contribution in [0.5, 0.6) is 0 Å². The van der Waals surface area contributed by atoms with Gasteiger partial charge in [-0.25, -0.2) is 4.39 Å². The van der Waals surface area contributed by atoms with E-state index in [9.17, 15) is 14.4 Å². The van der Waals surface area contributed by atoms with Gasteiger partial charge < -0.3 is 9.88 Å². The number of carbonyl (C=O) groups is 1. The quantitative estimate of drug-likeness (QED) is 0.422. The molecule has 1 heterocycles. The summed E-state index contributed by atoms with van der Waals surface area (Å²) in [5.74, 6) is 0.607. The lowest BCUT2D eigenvalue weighted by molar-refractivity contribution is 0.102. The highest BCUT2D eigenvalue weighted by molar-refractivity contribution is 7.98. The van der Waals surface area contributed by atoms with Crippen molar-refractivity contribution in [3.8, 4) is 17.5 Å². The van der Waals surface area contributed by atoms with Gasteiger partial charge in [0.05, 0.1) is 11.6 Å². The fourth-order valence-corrected chi connectivity index (χ4v) is 4.01. The number of thioether (sulfide) groups is 1. The standard InChI is InChI=1S/C24H18FN5OS/c1-30-22(28-29-24(30)32-15-19-5-3-2-4-18(19)14-26)16-8-12-21(13-9-16)27-23(31)17-6-10-20(25)11-7-17/h2-13H,15H2,1H3,(H,27,31). The predicted molar refractivity (Wildman–Crippen MR) is 122 cm³/mol. The van der Waals surface area contributed by atoms with Crippen LogP contribution in [0.2, 0.25) is 0 Å². The van der Waals surface area contributed by atoms with Crippen LogP contribution in [-0.2, 0) is 12.8 Å². The average molecular weight is 444 g/mol. The van der Waals surface area contributed by atoms with Crippen molar-refractivity contribution < 1.29 is 9.18 Å². The van der Waals surface area contributed by atoms with Gasteiger partial charge in [-0.2, -0.15) is 5.26 Å². The SMILES string of the molecule is Cn1c(SCc2ccccc2C#N)nnc1-c1ccc(NC(=O)c2ccc(F)cc2)cc1. The molecule has 1 aromatic heterocycles. The molecule has 0 saturated heterocycles. The zero-order valence-electron chi connectivity index (χ0n) is 17.1. The molecule has 1 N–H and O–H groups in total. The van der Waals surface area contributed by atoms with Crippen LogP contribution in [0.1, 0.15) is 21.5 Å². The molecule has 0 radical (unpaired) electrons. The zero-order chi connectivity index (χ0) is 22.5. The van der Waals surface area contributed by atoms with E-state index in [0.29, 0.717) is 28.4 Å². The van der Waals surface area contributed by atoms with E-state index in [4.69, 9.17) is 0 Å². The van der Waals surface area contributed by atoms with Gasteiger partial charge in [0.15, 0.2) is 11.0 Å². The fraction of sp³-hybridized carbons (Fsp3) is 0.0833. The van der Waals surface area contributed by atoms with Gasteiger partial charge in [-0.3, -0.25) is 4.79 Å². The molecule has 0 spiro atoms. The Kier molecular flexibility index (Phi) is 6.29. The Labute approximate surface area is 188 Å². The zero-order valence-corrected chi connectivity index (χ0v) is 17.9. The fourth-order valence-electron chi connectivity index (χ4n) is 3.10. The Balaban J connectivity index is 1.44. The lowest BCUT2D eigenvalue weighted by Gasteiger charge is -2.07. The van der Waals surface area contributed by atoms with Gasteiger partial charge in [0.25, 0.3) is 5.91 Å². The van der Waals surface area contributed by atoms with Crippen LogP contribution in [0.15, 0.2) is 78.0 Å². The van der Waals surface area contributed by atoms with Gasteiger partial charge in [-0.1, -0.05) is 30.0 Å². The molecule has 0 aliphatic heterocycles. The van der Waals surface area contributed by atoms with E-state index in [0.717, 1.165) is 16.3 Å². The molecule has 1 amide bonds. The summed E-state index contributed by atoms with van der Waals surface area (Å²) >= 11 is 1.51. The highest BCUT2D eigenvalue weighted by Crippen LogP contribution is 2.27. The van der Waals surface area contributed by atoms with Crippen LogP contribution < -0.4 is 5.32 Å². The van der Waals surface area contributed by atoms with Crippen LogP contribution in [-0.4, -0.2) is 20.7 Å². The summed E-state index contributed by atoms with van der Waals surface area (Å²) in [7, 11) is 1.89. The molecule has 0 atom stereocenters. The van der Waals surface area contributed by atoms with Crippen molar-refractivity contribution in [3.63, 3.8) is 0 Å². The second-order valence-electron chi connectivity index (χ2n) is 6.96. The molecule has 4 aromatic rings. The van der Waals surface area contributed by atoms with E-state index >= 15 is 0 Å². The summed E-state index contributed by atoms with van der Waals surface area (Å²) in [6.07, 6.45) is 0. The monoisotopic (exact) mass is 443 g/mol. The van der Waals surface area contributed by atoms with Crippen molar-refractivity contribution >= 4 is 23.4 Å². The van der Waals surface area contributed by atoms with E-state index in [1.54, 1.807) is 18.2 Å². The second kappa shape index (κ2) is 9.45. The molecule has 0 unspecified atom stereocenters. The minimum absolute atomic E-state index is 0.312. The number of hydrogen-bond donors (Lipinski definition) is 1. The molecule has 0 bridgehead atoms. The molecular weight excluding hydrogens is 425 g/mol. The third-order valence-electron chi connectivity index (χ3n) is 4.84. The van der Waals surface area contributed by atoms with Crippen LogP contribution in [0.4, 0.5) is 10.1 Å². The molecule has 0 aliphatic rings. The first-order valence-corrected chi connectivity index (χ1v) is 10.7. The number of amides is 1. The summed E-state index contributed by atoms with van der Waals surface area (Å²) in [6, 6.07) is 22.3. The van der Waals surface area contributed by atoms with Gasteiger partial charge >= 0.3 is 0 Å². The maximum atomic E-state index is 13.0. The number of nitrogens with zero attached hydrogens (tertiary/aromatic N) is 4. The van der Waals surface area contributed by atoms with E-state index in [2.05, 4.69) is 21.6 Å². The lowest BCUT2D eigenvalue weighted by atomic mass is 10.1. The van der Waals surface area contributed by atoms with E-state index in [1.807, 2.05) is 41.9 Å². The molecule has 6 nitrogen and oxygen atoms in total. The van der Waals surface area contributed by atoms with E-state index in [-0.39, 0.29) is 11.7 Å². The number of anilines is 1. The minimum Gasteiger partial charge on any atom is -0.322 e. The molecule has 4 rings (SSSR count). The predicted octanol–water partition coefficient (Wildman–Crippen LogP) is 5.04. The molecule has 0 aliphatic carbocycles. The molecule has 8 heteroatoms. The van der Waals surface area contributed by atoms with Crippen molar-refractivity contribution in [3.05, 3.63) is 95.3 Å². The molecule has 158 valence electrons. The summed E-state index contributed by atoms with van der Waals surface area (Å²) in [4.78, 5) is 12.3. The number of benzene rings is 3. The Morgan fingerprint density at radius 3 is 2.50 bits per heavy atom. The van der Waals surface area contributed by atoms with Crippen molar-refractivity contribution in [2.75, 3.05) is 5.32 Å². The Bertz CT molecular complexity index is 1290. The summed E-state index contributed by atoms with van der Waals surface area (Å²) in [5, 5.41) is 21.3. The van der Waals surface area contributed by atoms with Gasteiger partial charge in [0.2, 0.25) is 0 Å². The maximum absolute atomic E-state index is 13.0. The molecule has 0 saturated carbocycles. The van der Waals surface area contributed by atoms with Gasteiger partial charge in [-0.15, -0.1) is 10.2 Å².